The molecule has 1 heterocycles. The van der Waals surface area contributed by atoms with Crippen LogP contribution in [-0.4, -0.2) is 21.7 Å². The quantitative estimate of drug-likeness (QED) is 0.496. The smallest absolute Gasteiger partial charge is 0.142 e. The summed E-state index contributed by atoms with van der Waals surface area (Å²) in [5.41, 5.74) is 3.33. The van der Waals surface area contributed by atoms with Gasteiger partial charge in [0.1, 0.15) is 16.6 Å². The molecule has 0 unspecified atom stereocenters. The van der Waals surface area contributed by atoms with Crippen LogP contribution in [-0.2, 0) is 0 Å². The van der Waals surface area contributed by atoms with E-state index in [1.165, 1.54) is 12.5 Å². The summed E-state index contributed by atoms with van der Waals surface area (Å²) in [6.45, 7) is 5.99. The minimum atomic E-state index is -0.106. The molecule has 6 heteroatoms. The Hall–Kier alpha value is -0.870. The standard InChI is InChI=1S/C9H12Cl2N4/c1-9(2,3)15-14-4-6-7(10)12-5-13-8(6)11/h4-5,15H,1-3H3/b14-4+. The highest BCUT2D eigenvalue weighted by molar-refractivity contribution is 6.37. The second-order valence-corrected chi connectivity index (χ2v) is 4.70. The van der Waals surface area contributed by atoms with Gasteiger partial charge in [0.2, 0.25) is 0 Å². The van der Waals surface area contributed by atoms with E-state index in [-0.39, 0.29) is 15.8 Å². The zero-order valence-electron chi connectivity index (χ0n) is 8.75. The van der Waals surface area contributed by atoms with Crippen molar-refractivity contribution < 1.29 is 0 Å². The van der Waals surface area contributed by atoms with E-state index in [1.54, 1.807) is 0 Å². The van der Waals surface area contributed by atoms with Crippen LogP contribution in [0, 0.1) is 0 Å². The van der Waals surface area contributed by atoms with Gasteiger partial charge in [0.05, 0.1) is 11.8 Å². The Morgan fingerprint density at radius 1 is 1.27 bits per heavy atom. The second-order valence-electron chi connectivity index (χ2n) is 3.99. The van der Waals surface area contributed by atoms with Crippen LogP contribution in [0.2, 0.25) is 10.3 Å². The van der Waals surface area contributed by atoms with Gasteiger partial charge in [-0.3, -0.25) is 0 Å². The van der Waals surface area contributed by atoms with Gasteiger partial charge in [-0.1, -0.05) is 23.2 Å². The van der Waals surface area contributed by atoms with Crippen molar-refractivity contribution >= 4 is 29.4 Å². The topological polar surface area (TPSA) is 50.2 Å². The Balaban J connectivity index is 2.81. The van der Waals surface area contributed by atoms with E-state index >= 15 is 0 Å². The van der Waals surface area contributed by atoms with E-state index in [2.05, 4.69) is 20.5 Å². The molecule has 0 amide bonds. The Labute approximate surface area is 98.7 Å². The summed E-state index contributed by atoms with van der Waals surface area (Å²) in [7, 11) is 0. The normalized spacial score (nSPS) is 12.1. The molecule has 4 nitrogen and oxygen atoms in total. The number of hydrogen-bond donors (Lipinski definition) is 1. The van der Waals surface area contributed by atoms with Crippen molar-refractivity contribution in [2.45, 2.75) is 26.3 Å². The molecule has 0 saturated carbocycles. The van der Waals surface area contributed by atoms with Gasteiger partial charge in [-0.25, -0.2) is 9.97 Å². The SMILES string of the molecule is CC(C)(C)N/N=C/c1c(Cl)ncnc1Cl. The van der Waals surface area contributed by atoms with Gasteiger partial charge in [0.15, 0.2) is 0 Å². The summed E-state index contributed by atoms with van der Waals surface area (Å²) in [4.78, 5) is 7.61. The highest BCUT2D eigenvalue weighted by Gasteiger charge is 2.08. The number of hydrazone groups is 1. The van der Waals surface area contributed by atoms with Gasteiger partial charge in [-0.2, -0.15) is 5.10 Å². The molecule has 0 aliphatic rings. The van der Waals surface area contributed by atoms with Crippen LogP contribution in [0.25, 0.3) is 0 Å². The summed E-state index contributed by atoms with van der Waals surface area (Å²) in [6.07, 6.45) is 2.81. The molecule has 0 aromatic carbocycles. The zero-order chi connectivity index (χ0) is 11.5. The van der Waals surface area contributed by atoms with Crippen LogP contribution in [0.3, 0.4) is 0 Å². The van der Waals surface area contributed by atoms with Crippen LogP contribution in [0.1, 0.15) is 26.3 Å². The molecule has 0 radical (unpaired) electrons. The second kappa shape index (κ2) is 4.77. The minimum Gasteiger partial charge on any atom is -0.305 e. The Morgan fingerprint density at radius 3 is 2.27 bits per heavy atom. The first-order valence-electron chi connectivity index (χ1n) is 4.36. The van der Waals surface area contributed by atoms with Crippen molar-refractivity contribution in [2.24, 2.45) is 5.10 Å². The average molecular weight is 247 g/mol. The summed E-state index contributed by atoms with van der Waals surface area (Å²) >= 11 is 11.6. The third-order valence-electron chi connectivity index (χ3n) is 1.38. The number of rotatable bonds is 2. The van der Waals surface area contributed by atoms with E-state index in [0.29, 0.717) is 5.56 Å². The Bertz CT molecular complexity index is 351. The molecule has 15 heavy (non-hydrogen) atoms. The maximum atomic E-state index is 5.82. The van der Waals surface area contributed by atoms with Gasteiger partial charge in [-0.05, 0) is 20.8 Å². The monoisotopic (exact) mass is 246 g/mol. The largest absolute Gasteiger partial charge is 0.305 e. The van der Waals surface area contributed by atoms with Crippen molar-refractivity contribution in [1.82, 2.24) is 15.4 Å². The Kier molecular flexibility index (Phi) is 3.88. The Morgan fingerprint density at radius 2 is 1.80 bits per heavy atom. The number of hydrogen-bond acceptors (Lipinski definition) is 4. The first-order valence-corrected chi connectivity index (χ1v) is 5.12. The van der Waals surface area contributed by atoms with E-state index in [0.717, 1.165) is 0 Å². The van der Waals surface area contributed by atoms with Gasteiger partial charge >= 0.3 is 0 Å². The molecule has 0 spiro atoms. The van der Waals surface area contributed by atoms with Crippen molar-refractivity contribution in [1.29, 1.82) is 0 Å². The predicted octanol–water partition coefficient (Wildman–Crippen LogP) is 2.51. The molecule has 0 saturated heterocycles. The van der Waals surface area contributed by atoms with Gasteiger partial charge in [0.25, 0.3) is 0 Å². The van der Waals surface area contributed by atoms with Crippen molar-refractivity contribution in [3.8, 4) is 0 Å². The van der Waals surface area contributed by atoms with Crippen molar-refractivity contribution in [3.63, 3.8) is 0 Å². The molecule has 1 N–H and O–H groups in total. The number of aromatic nitrogens is 2. The fourth-order valence-electron chi connectivity index (χ4n) is 0.751. The molecule has 0 aliphatic carbocycles. The van der Waals surface area contributed by atoms with Crippen LogP contribution in [0.15, 0.2) is 11.4 Å². The maximum Gasteiger partial charge on any atom is 0.142 e. The molecule has 82 valence electrons. The molecule has 1 rings (SSSR count). The molecule has 0 atom stereocenters. The molecule has 0 fully saturated rings. The zero-order valence-corrected chi connectivity index (χ0v) is 10.3. The lowest BCUT2D eigenvalue weighted by Gasteiger charge is -2.17. The molecule has 1 aromatic heterocycles. The van der Waals surface area contributed by atoms with Gasteiger partial charge in [0, 0.05) is 5.54 Å². The van der Waals surface area contributed by atoms with Crippen LogP contribution < -0.4 is 5.43 Å². The number of halogens is 2. The van der Waals surface area contributed by atoms with E-state index in [4.69, 9.17) is 23.2 Å². The summed E-state index contributed by atoms with van der Waals surface area (Å²) in [5, 5.41) is 4.58. The molecule has 0 bridgehead atoms. The minimum absolute atomic E-state index is 0.106. The van der Waals surface area contributed by atoms with E-state index in [9.17, 15) is 0 Å². The van der Waals surface area contributed by atoms with Crippen LogP contribution >= 0.6 is 23.2 Å². The lowest BCUT2D eigenvalue weighted by atomic mass is 10.1. The predicted molar refractivity (Wildman–Crippen MR) is 62.5 cm³/mol. The fourth-order valence-corrected chi connectivity index (χ4v) is 1.16. The summed E-state index contributed by atoms with van der Waals surface area (Å²) < 4.78 is 0. The third kappa shape index (κ3) is 4.01. The summed E-state index contributed by atoms with van der Waals surface area (Å²) in [5.74, 6) is 0. The van der Waals surface area contributed by atoms with Crippen molar-refractivity contribution in [2.75, 3.05) is 0 Å². The molecule has 0 aliphatic heterocycles. The van der Waals surface area contributed by atoms with Crippen LogP contribution in [0.4, 0.5) is 0 Å². The fraction of sp³-hybridized carbons (Fsp3) is 0.444. The first-order chi connectivity index (χ1) is 6.90. The average Bonchev–Trinajstić information content (AvgIpc) is 2.08. The van der Waals surface area contributed by atoms with E-state index < -0.39 is 0 Å². The van der Waals surface area contributed by atoms with Gasteiger partial charge in [-0.15, -0.1) is 0 Å². The lowest BCUT2D eigenvalue weighted by molar-refractivity contribution is 0.442. The maximum absolute atomic E-state index is 5.82. The first kappa shape index (κ1) is 12.2. The van der Waals surface area contributed by atoms with Gasteiger partial charge < -0.3 is 5.43 Å². The number of nitrogens with one attached hydrogen (secondary N) is 1. The number of nitrogens with zero attached hydrogens (tertiary/aromatic N) is 3. The van der Waals surface area contributed by atoms with Crippen molar-refractivity contribution in [3.05, 3.63) is 22.2 Å². The van der Waals surface area contributed by atoms with E-state index in [1.807, 2.05) is 20.8 Å². The van der Waals surface area contributed by atoms with Crippen LogP contribution in [0.5, 0.6) is 0 Å². The third-order valence-corrected chi connectivity index (χ3v) is 1.98. The highest BCUT2D eigenvalue weighted by Crippen LogP contribution is 2.17. The molecular formula is C9H12Cl2N4. The highest BCUT2D eigenvalue weighted by atomic mass is 35.5. The summed E-state index contributed by atoms with van der Waals surface area (Å²) in [6, 6.07) is 0. The molecule has 1 aromatic rings. The molecular weight excluding hydrogens is 235 g/mol. The lowest BCUT2D eigenvalue weighted by Crippen LogP contribution is -2.31.